The lowest BCUT2D eigenvalue weighted by Gasteiger charge is -2.21. The normalized spacial score (nSPS) is 14.7. The van der Waals surface area contributed by atoms with Gasteiger partial charge in [-0.15, -0.1) is 0 Å². The van der Waals surface area contributed by atoms with Crippen molar-refractivity contribution in [2.24, 2.45) is 0 Å². The molecule has 5 heteroatoms. The monoisotopic (exact) mass is 325 g/mol. The van der Waals surface area contributed by atoms with Gasteiger partial charge in [0, 0.05) is 20.0 Å². The van der Waals surface area contributed by atoms with Crippen LogP contribution in [0, 0.1) is 0 Å². The molecule has 0 spiro atoms. The van der Waals surface area contributed by atoms with Crippen LogP contribution in [-0.2, 0) is 13.0 Å². The third-order valence-corrected chi connectivity index (χ3v) is 4.32. The minimum atomic E-state index is -0.0383. The molecular formula is C19H19NO4. The number of benzene rings is 2. The zero-order valence-corrected chi connectivity index (χ0v) is 13.6. The van der Waals surface area contributed by atoms with Crippen molar-refractivity contribution >= 4 is 5.91 Å². The SMILES string of the molecule is CN(Cc1ccc2c(c1)OCCO2)C(=O)c1cccc2c1OCC2. The standard InChI is InChI=1S/C19H19NO4/c1-20(12-13-5-6-16-17(11-13)23-10-9-22-16)19(21)15-4-2-3-14-7-8-24-18(14)15/h2-6,11H,7-10,12H2,1H3. The van der Waals surface area contributed by atoms with Crippen LogP contribution < -0.4 is 14.2 Å². The van der Waals surface area contributed by atoms with Gasteiger partial charge in [0.1, 0.15) is 19.0 Å². The molecule has 0 N–H and O–H groups in total. The van der Waals surface area contributed by atoms with Gasteiger partial charge in [-0.1, -0.05) is 18.2 Å². The van der Waals surface area contributed by atoms with Gasteiger partial charge in [0.25, 0.3) is 5.91 Å². The summed E-state index contributed by atoms with van der Waals surface area (Å²) in [6.07, 6.45) is 0.863. The minimum absolute atomic E-state index is 0.0383. The lowest BCUT2D eigenvalue weighted by Crippen LogP contribution is -2.26. The number of ether oxygens (including phenoxy) is 3. The van der Waals surface area contributed by atoms with E-state index in [2.05, 4.69) is 0 Å². The summed E-state index contributed by atoms with van der Waals surface area (Å²) in [6.45, 7) is 2.27. The average Bonchev–Trinajstić information content (AvgIpc) is 3.09. The first-order chi connectivity index (χ1) is 11.7. The first-order valence-electron chi connectivity index (χ1n) is 8.11. The maximum atomic E-state index is 12.8. The maximum absolute atomic E-state index is 12.8. The highest BCUT2D eigenvalue weighted by Gasteiger charge is 2.23. The highest BCUT2D eigenvalue weighted by molar-refractivity contribution is 5.97. The smallest absolute Gasteiger partial charge is 0.257 e. The van der Waals surface area contributed by atoms with Crippen molar-refractivity contribution in [3.05, 3.63) is 53.1 Å². The van der Waals surface area contributed by atoms with Crippen LogP contribution in [0.2, 0.25) is 0 Å². The Hall–Kier alpha value is -2.69. The summed E-state index contributed by atoms with van der Waals surface area (Å²) < 4.78 is 16.8. The quantitative estimate of drug-likeness (QED) is 0.870. The molecule has 5 nitrogen and oxygen atoms in total. The Balaban J connectivity index is 1.53. The van der Waals surface area contributed by atoms with Crippen LogP contribution in [0.25, 0.3) is 0 Å². The van der Waals surface area contributed by atoms with Crippen molar-refractivity contribution in [2.45, 2.75) is 13.0 Å². The van der Waals surface area contributed by atoms with E-state index >= 15 is 0 Å². The molecule has 2 aromatic rings. The van der Waals surface area contributed by atoms with Crippen LogP contribution in [0.1, 0.15) is 21.5 Å². The molecule has 2 aromatic carbocycles. The molecule has 1 amide bonds. The maximum Gasteiger partial charge on any atom is 0.257 e. The van der Waals surface area contributed by atoms with Gasteiger partial charge in [0.15, 0.2) is 11.5 Å². The van der Waals surface area contributed by atoms with E-state index in [1.165, 1.54) is 0 Å². The summed E-state index contributed by atoms with van der Waals surface area (Å²) in [5.41, 5.74) is 2.74. The molecule has 0 aliphatic carbocycles. The summed E-state index contributed by atoms with van der Waals surface area (Å²) in [5, 5.41) is 0. The molecule has 2 aliphatic heterocycles. The highest BCUT2D eigenvalue weighted by Crippen LogP contribution is 2.32. The highest BCUT2D eigenvalue weighted by atomic mass is 16.6. The minimum Gasteiger partial charge on any atom is -0.492 e. The molecule has 0 aromatic heterocycles. The summed E-state index contributed by atoms with van der Waals surface area (Å²) in [4.78, 5) is 14.5. The fourth-order valence-corrected chi connectivity index (χ4v) is 3.12. The van der Waals surface area contributed by atoms with Crippen molar-refractivity contribution in [1.82, 2.24) is 4.90 Å². The summed E-state index contributed by atoms with van der Waals surface area (Å²) in [6, 6.07) is 11.5. The van der Waals surface area contributed by atoms with E-state index in [1.807, 2.05) is 36.4 Å². The molecule has 4 rings (SSSR count). The van der Waals surface area contributed by atoms with E-state index in [0.717, 1.165) is 34.8 Å². The molecule has 24 heavy (non-hydrogen) atoms. The molecule has 0 fully saturated rings. The fraction of sp³-hybridized carbons (Fsp3) is 0.316. The number of fused-ring (bicyclic) bond motifs is 2. The van der Waals surface area contributed by atoms with Crippen molar-refractivity contribution in [1.29, 1.82) is 0 Å². The zero-order chi connectivity index (χ0) is 16.5. The number of para-hydroxylation sites is 1. The molecule has 0 atom stereocenters. The molecule has 2 aliphatic rings. The van der Waals surface area contributed by atoms with Crippen molar-refractivity contribution in [3.8, 4) is 17.2 Å². The lowest BCUT2D eigenvalue weighted by atomic mass is 10.1. The Morgan fingerprint density at radius 3 is 2.75 bits per heavy atom. The Bertz CT molecular complexity index is 787. The van der Waals surface area contributed by atoms with Crippen molar-refractivity contribution in [2.75, 3.05) is 26.9 Å². The number of hydrogen-bond acceptors (Lipinski definition) is 4. The molecule has 0 unspecified atom stereocenters. The Morgan fingerprint density at radius 1 is 1.04 bits per heavy atom. The van der Waals surface area contributed by atoms with Gasteiger partial charge in [-0.3, -0.25) is 4.79 Å². The van der Waals surface area contributed by atoms with E-state index in [-0.39, 0.29) is 5.91 Å². The van der Waals surface area contributed by atoms with Gasteiger partial charge < -0.3 is 19.1 Å². The topological polar surface area (TPSA) is 48.0 Å². The number of nitrogens with zero attached hydrogens (tertiary/aromatic N) is 1. The predicted molar refractivity (Wildman–Crippen MR) is 88.9 cm³/mol. The third-order valence-electron chi connectivity index (χ3n) is 4.32. The number of hydrogen-bond donors (Lipinski definition) is 0. The summed E-state index contributed by atoms with van der Waals surface area (Å²) >= 11 is 0. The second kappa shape index (κ2) is 6.07. The number of carbonyl (C=O) groups is 1. The summed E-state index contributed by atoms with van der Waals surface area (Å²) in [5.74, 6) is 2.19. The molecule has 0 bridgehead atoms. The molecule has 0 saturated heterocycles. The Kier molecular flexibility index (Phi) is 3.76. The van der Waals surface area contributed by atoms with Crippen molar-refractivity contribution < 1.29 is 19.0 Å². The third kappa shape index (κ3) is 2.66. The number of carbonyl (C=O) groups excluding carboxylic acids is 1. The van der Waals surface area contributed by atoms with Gasteiger partial charge in [-0.2, -0.15) is 0 Å². The van der Waals surface area contributed by atoms with Crippen LogP contribution in [-0.4, -0.2) is 37.7 Å². The first-order valence-corrected chi connectivity index (χ1v) is 8.11. The van der Waals surface area contributed by atoms with Crippen LogP contribution in [0.4, 0.5) is 0 Å². The van der Waals surface area contributed by atoms with Gasteiger partial charge in [0.2, 0.25) is 0 Å². The first kappa shape index (κ1) is 14.9. The van der Waals surface area contributed by atoms with E-state index in [4.69, 9.17) is 14.2 Å². The van der Waals surface area contributed by atoms with E-state index < -0.39 is 0 Å². The number of rotatable bonds is 3. The molecule has 124 valence electrons. The molecule has 0 saturated carbocycles. The van der Waals surface area contributed by atoms with Crippen LogP contribution in [0.3, 0.4) is 0 Å². The second-order valence-corrected chi connectivity index (χ2v) is 6.03. The van der Waals surface area contributed by atoms with Gasteiger partial charge in [-0.05, 0) is 29.3 Å². The van der Waals surface area contributed by atoms with E-state index in [1.54, 1.807) is 11.9 Å². The fourth-order valence-electron chi connectivity index (χ4n) is 3.12. The van der Waals surface area contributed by atoms with Crippen LogP contribution in [0.15, 0.2) is 36.4 Å². The molecule has 0 radical (unpaired) electrons. The number of amides is 1. The van der Waals surface area contributed by atoms with E-state index in [0.29, 0.717) is 31.9 Å². The van der Waals surface area contributed by atoms with Gasteiger partial charge in [-0.25, -0.2) is 0 Å². The molecule has 2 heterocycles. The largest absolute Gasteiger partial charge is 0.492 e. The second-order valence-electron chi connectivity index (χ2n) is 6.03. The summed E-state index contributed by atoms with van der Waals surface area (Å²) in [7, 11) is 1.80. The Morgan fingerprint density at radius 2 is 1.88 bits per heavy atom. The predicted octanol–water partition coefficient (Wildman–Crippen LogP) is 2.66. The lowest BCUT2D eigenvalue weighted by molar-refractivity contribution is 0.0781. The van der Waals surface area contributed by atoms with Crippen molar-refractivity contribution in [3.63, 3.8) is 0 Å². The zero-order valence-electron chi connectivity index (χ0n) is 13.6. The molecular weight excluding hydrogens is 306 g/mol. The van der Waals surface area contributed by atoms with Gasteiger partial charge >= 0.3 is 0 Å². The van der Waals surface area contributed by atoms with E-state index in [9.17, 15) is 4.79 Å². The van der Waals surface area contributed by atoms with Crippen LogP contribution >= 0.6 is 0 Å². The Labute approximate surface area is 140 Å². The van der Waals surface area contributed by atoms with Crippen LogP contribution in [0.5, 0.6) is 17.2 Å². The average molecular weight is 325 g/mol. The van der Waals surface area contributed by atoms with Gasteiger partial charge in [0.05, 0.1) is 12.2 Å².